The minimum Gasteiger partial charge on any atom is -0.339 e. The van der Waals surface area contributed by atoms with Crippen molar-refractivity contribution in [2.24, 2.45) is 5.14 Å². The zero-order valence-electron chi connectivity index (χ0n) is 11.7. The molecule has 0 heterocycles. The second-order valence-electron chi connectivity index (χ2n) is 4.58. The van der Waals surface area contributed by atoms with Crippen LogP contribution in [0.3, 0.4) is 0 Å². The third kappa shape index (κ3) is 3.58. The van der Waals surface area contributed by atoms with E-state index in [-0.39, 0.29) is 10.5 Å². The fourth-order valence-electron chi connectivity index (χ4n) is 1.68. The Morgan fingerprint density at radius 1 is 1.48 bits per heavy atom. The van der Waals surface area contributed by atoms with Gasteiger partial charge in [-0.1, -0.05) is 6.92 Å². The molecule has 0 saturated carbocycles. The number of amides is 1. The van der Waals surface area contributed by atoms with Crippen molar-refractivity contribution in [3.05, 3.63) is 27.7 Å². The molecule has 1 aromatic carbocycles. The molecule has 0 aliphatic carbocycles. The quantitative estimate of drug-likeness (QED) is 0.863. The number of halogens is 3. The smallest absolute Gasteiger partial charge is 0.259 e. The van der Waals surface area contributed by atoms with E-state index in [9.17, 15) is 22.0 Å². The molecule has 0 aromatic heterocycles. The van der Waals surface area contributed by atoms with Gasteiger partial charge in [-0.25, -0.2) is 22.3 Å². The second-order valence-corrected chi connectivity index (χ2v) is 6.93. The highest BCUT2D eigenvalue weighted by Crippen LogP contribution is 2.29. The van der Waals surface area contributed by atoms with Crippen LogP contribution in [0.5, 0.6) is 0 Å². The highest BCUT2D eigenvalue weighted by Gasteiger charge is 2.30. The minimum atomic E-state index is -4.45. The maximum absolute atomic E-state index is 14.3. The van der Waals surface area contributed by atoms with Gasteiger partial charge in [-0.05, 0) is 35.3 Å². The summed E-state index contributed by atoms with van der Waals surface area (Å²) in [5.74, 6) is -3.60. The van der Waals surface area contributed by atoms with Crippen molar-refractivity contribution >= 4 is 31.9 Å². The Kier molecular flexibility index (Phi) is 5.46. The van der Waals surface area contributed by atoms with Gasteiger partial charge in [0, 0.05) is 17.6 Å². The summed E-state index contributed by atoms with van der Waals surface area (Å²) in [6.07, 6.45) is 0.573. The molecule has 1 atom stereocenters. The number of nitrogens with zero attached hydrogens (tertiary/aromatic N) is 1. The summed E-state index contributed by atoms with van der Waals surface area (Å²) in [6.45, 7) is 3.51. The van der Waals surface area contributed by atoms with Crippen LogP contribution in [-0.4, -0.2) is 32.3 Å². The van der Waals surface area contributed by atoms with E-state index in [1.807, 2.05) is 0 Å². The van der Waals surface area contributed by atoms with Gasteiger partial charge in [0.2, 0.25) is 10.0 Å². The van der Waals surface area contributed by atoms with Crippen molar-refractivity contribution in [1.82, 2.24) is 4.90 Å². The molecule has 21 heavy (non-hydrogen) atoms. The van der Waals surface area contributed by atoms with Gasteiger partial charge in [-0.15, -0.1) is 0 Å². The van der Waals surface area contributed by atoms with Crippen LogP contribution in [0.15, 0.2) is 15.4 Å². The first-order valence-electron chi connectivity index (χ1n) is 5.99. The first-order valence-corrected chi connectivity index (χ1v) is 8.33. The van der Waals surface area contributed by atoms with E-state index in [4.69, 9.17) is 5.14 Å². The Morgan fingerprint density at radius 3 is 2.43 bits per heavy atom. The number of rotatable bonds is 4. The highest BCUT2D eigenvalue weighted by molar-refractivity contribution is 9.10. The first-order chi connectivity index (χ1) is 9.52. The molecule has 1 amide bonds. The van der Waals surface area contributed by atoms with E-state index < -0.39 is 38.0 Å². The Balaban J connectivity index is 3.55. The van der Waals surface area contributed by atoms with E-state index in [1.54, 1.807) is 13.8 Å². The van der Waals surface area contributed by atoms with E-state index in [1.165, 1.54) is 7.05 Å². The van der Waals surface area contributed by atoms with Crippen LogP contribution in [0.1, 0.15) is 30.6 Å². The van der Waals surface area contributed by atoms with Crippen LogP contribution in [0.2, 0.25) is 0 Å². The maximum Gasteiger partial charge on any atom is 0.259 e. The topological polar surface area (TPSA) is 80.5 Å². The summed E-state index contributed by atoms with van der Waals surface area (Å²) in [7, 11) is -3.06. The first kappa shape index (κ1) is 18.0. The number of hydrogen-bond acceptors (Lipinski definition) is 3. The number of sulfonamides is 1. The fourth-order valence-corrected chi connectivity index (χ4v) is 3.41. The molecule has 0 spiro atoms. The van der Waals surface area contributed by atoms with Gasteiger partial charge in [0.1, 0.15) is 16.3 Å². The summed E-state index contributed by atoms with van der Waals surface area (Å²) >= 11 is 2.73. The monoisotopic (exact) mass is 384 g/mol. The molecule has 0 saturated heterocycles. The minimum absolute atomic E-state index is 0.266. The molecule has 0 aliphatic heterocycles. The predicted molar refractivity (Wildman–Crippen MR) is 77.3 cm³/mol. The van der Waals surface area contributed by atoms with Crippen molar-refractivity contribution in [1.29, 1.82) is 0 Å². The Labute approximate surface area is 130 Å². The highest BCUT2D eigenvalue weighted by atomic mass is 79.9. The molecular weight excluding hydrogens is 370 g/mol. The van der Waals surface area contributed by atoms with Crippen LogP contribution in [-0.2, 0) is 10.0 Å². The van der Waals surface area contributed by atoms with Crippen LogP contribution in [0.4, 0.5) is 8.78 Å². The van der Waals surface area contributed by atoms with Crippen molar-refractivity contribution < 1.29 is 22.0 Å². The molecule has 0 bridgehead atoms. The van der Waals surface area contributed by atoms with Crippen LogP contribution in [0, 0.1) is 11.6 Å². The van der Waals surface area contributed by atoms with Crippen LogP contribution in [0.25, 0.3) is 0 Å². The molecular formula is C12H15BrF2N2O3S. The number of primary sulfonamides is 1. The third-order valence-corrected chi connectivity index (χ3v) is 5.05. The van der Waals surface area contributed by atoms with Crippen molar-refractivity contribution in [2.75, 3.05) is 7.05 Å². The van der Waals surface area contributed by atoms with Crippen molar-refractivity contribution in [2.45, 2.75) is 31.2 Å². The lowest BCUT2D eigenvalue weighted by molar-refractivity contribution is 0.0730. The van der Waals surface area contributed by atoms with Crippen molar-refractivity contribution in [3.8, 4) is 0 Å². The van der Waals surface area contributed by atoms with Gasteiger partial charge in [0.15, 0.2) is 5.82 Å². The lowest BCUT2D eigenvalue weighted by atomic mass is 10.1. The molecule has 2 N–H and O–H groups in total. The summed E-state index contributed by atoms with van der Waals surface area (Å²) in [5, 5.41) is 4.89. The van der Waals surface area contributed by atoms with E-state index in [2.05, 4.69) is 15.9 Å². The number of benzene rings is 1. The average molecular weight is 385 g/mol. The molecule has 0 radical (unpaired) electrons. The van der Waals surface area contributed by atoms with Crippen LogP contribution < -0.4 is 5.14 Å². The number of carbonyl (C=O) groups is 1. The summed E-state index contributed by atoms with van der Waals surface area (Å²) < 4.78 is 50.6. The average Bonchev–Trinajstić information content (AvgIpc) is 2.34. The maximum atomic E-state index is 14.3. The molecule has 5 nitrogen and oxygen atoms in total. The predicted octanol–water partition coefficient (Wildman–Crippen LogP) is 2.25. The SMILES string of the molecule is CCC(C)N(C)C(=O)c1c(F)cc(Br)c(S(N)(=O)=O)c1F. The largest absolute Gasteiger partial charge is 0.339 e. The molecule has 118 valence electrons. The van der Waals surface area contributed by atoms with E-state index >= 15 is 0 Å². The van der Waals surface area contributed by atoms with Gasteiger partial charge in [-0.2, -0.15) is 0 Å². The van der Waals surface area contributed by atoms with Gasteiger partial charge < -0.3 is 4.90 Å². The van der Waals surface area contributed by atoms with Gasteiger partial charge in [0.05, 0.1) is 0 Å². The fraction of sp³-hybridized carbons (Fsp3) is 0.417. The number of nitrogens with two attached hydrogens (primary N) is 1. The van der Waals surface area contributed by atoms with Crippen molar-refractivity contribution in [3.63, 3.8) is 0 Å². The summed E-state index contributed by atoms with van der Waals surface area (Å²) in [4.78, 5) is 12.4. The van der Waals surface area contributed by atoms with Crippen LogP contribution >= 0.6 is 15.9 Å². The molecule has 0 fully saturated rings. The summed E-state index contributed by atoms with van der Waals surface area (Å²) in [6, 6.07) is 0.443. The van der Waals surface area contributed by atoms with Gasteiger partial charge in [0.25, 0.3) is 5.91 Å². The lowest BCUT2D eigenvalue weighted by Gasteiger charge is -2.24. The zero-order valence-corrected chi connectivity index (χ0v) is 14.1. The summed E-state index contributed by atoms with van der Waals surface area (Å²) in [5.41, 5.74) is -0.940. The Morgan fingerprint density at radius 2 is 2.00 bits per heavy atom. The molecule has 1 aromatic rings. The second kappa shape index (κ2) is 6.37. The van der Waals surface area contributed by atoms with E-state index in [0.29, 0.717) is 12.5 Å². The Bertz CT molecular complexity index is 680. The molecule has 9 heteroatoms. The molecule has 0 aliphatic rings. The van der Waals surface area contributed by atoms with E-state index in [0.717, 1.165) is 4.90 Å². The lowest BCUT2D eigenvalue weighted by Crippen LogP contribution is -2.36. The Hall–Kier alpha value is -1.06. The molecule has 1 rings (SSSR count). The number of hydrogen-bond donors (Lipinski definition) is 1. The van der Waals surface area contributed by atoms with Gasteiger partial charge >= 0.3 is 0 Å². The normalized spacial score (nSPS) is 13.1. The zero-order chi connectivity index (χ0) is 16.5. The number of carbonyl (C=O) groups excluding carboxylic acids is 1. The molecule has 1 unspecified atom stereocenters. The van der Waals surface area contributed by atoms with Gasteiger partial charge in [-0.3, -0.25) is 4.79 Å². The standard InChI is InChI=1S/C12H15BrF2N2O3S/c1-4-6(2)17(3)12(18)9-8(14)5-7(13)11(10(9)15)21(16,19)20/h5-6H,4H2,1-3H3,(H2,16,19,20). The third-order valence-electron chi connectivity index (χ3n) is 3.20.